The van der Waals surface area contributed by atoms with E-state index < -0.39 is 0 Å². The maximum absolute atomic E-state index is 2.47. The summed E-state index contributed by atoms with van der Waals surface area (Å²) in [7, 11) is 0. The number of hydrogen-bond donors (Lipinski definition) is 0. The summed E-state index contributed by atoms with van der Waals surface area (Å²) in [5.74, 6) is 2.96. The van der Waals surface area contributed by atoms with E-state index >= 15 is 0 Å². The molecule has 2 bridgehead atoms. The fraction of sp³-hybridized carbons (Fsp3) is 1.00. The Labute approximate surface area is 89.5 Å². The third-order valence-electron chi connectivity index (χ3n) is 5.32. The molecule has 0 aliphatic heterocycles. The first-order valence-electron chi connectivity index (χ1n) is 6.38. The van der Waals surface area contributed by atoms with Gasteiger partial charge in [-0.3, -0.25) is 0 Å². The fourth-order valence-corrected chi connectivity index (χ4v) is 4.86. The molecule has 0 spiro atoms. The minimum atomic E-state index is 0.501. The normalized spacial score (nSPS) is 42.4. The van der Waals surface area contributed by atoms with Crippen LogP contribution in [0.5, 0.6) is 0 Å². The summed E-state index contributed by atoms with van der Waals surface area (Å²) >= 11 is 0. The third kappa shape index (κ3) is 1.19. The zero-order valence-corrected chi connectivity index (χ0v) is 10.6. The number of hydrogen-bond acceptors (Lipinski definition) is 0. The summed E-state index contributed by atoms with van der Waals surface area (Å²) in [6.07, 6.45) is 6.09. The van der Waals surface area contributed by atoms with Gasteiger partial charge in [0.25, 0.3) is 0 Å². The van der Waals surface area contributed by atoms with E-state index in [2.05, 4.69) is 34.6 Å². The predicted molar refractivity (Wildman–Crippen MR) is 62.2 cm³/mol. The van der Waals surface area contributed by atoms with Crippen LogP contribution < -0.4 is 0 Å². The summed E-state index contributed by atoms with van der Waals surface area (Å²) in [6, 6.07) is 0. The number of rotatable bonds is 1. The molecule has 0 heterocycles. The van der Waals surface area contributed by atoms with Crippen LogP contribution in [-0.4, -0.2) is 0 Å². The molecule has 3 unspecified atom stereocenters. The highest BCUT2D eigenvalue weighted by molar-refractivity contribution is 5.06. The first-order chi connectivity index (χ1) is 6.38. The monoisotopic (exact) mass is 194 g/mol. The molecule has 2 aliphatic rings. The van der Waals surface area contributed by atoms with Crippen molar-refractivity contribution in [2.24, 2.45) is 28.6 Å². The van der Waals surface area contributed by atoms with Gasteiger partial charge < -0.3 is 0 Å². The Morgan fingerprint density at radius 1 is 1.14 bits per heavy atom. The van der Waals surface area contributed by atoms with E-state index in [1.54, 1.807) is 0 Å². The third-order valence-corrected chi connectivity index (χ3v) is 5.32. The maximum Gasteiger partial charge on any atom is -0.0195 e. The van der Waals surface area contributed by atoms with Crippen LogP contribution in [0, 0.1) is 28.6 Å². The second-order valence-electron chi connectivity index (χ2n) is 7.03. The average molecular weight is 194 g/mol. The van der Waals surface area contributed by atoms with Crippen molar-refractivity contribution in [2.45, 2.75) is 60.3 Å². The highest BCUT2D eigenvalue weighted by atomic mass is 14.6. The van der Waals surface area contributed by atoms with E-state index in [0.29, 0.717) is 10.8 Å². The summed E-state index contributed by atoms with van der Waals surface area (Å²) in [6.45, 7) is 12.3. The van der Waals surface area contributed by atoms with Gasteiger partial charge >= 0.3 is 0 Å². The molecule has 0 saturated heterocycles. The largest absolute Gasteiger partial charge is 0.0622 e. The van der Waals surface area contributed by atoms with E-state index in [-0.39, 0.29) is 0 Å². The Morgan fingerprint density at radius 3 is 2.00 bits per heavy atom. The molecule has 2 aliphatic carbocycles. The second kappa shape index (κ2) is 3.00. The van der Waals surface area contributed by atoms with Crippen LogP contribution in [0.1, 0.15) is 60.3 Å². The zero-order chi connectivity index (χ0) is 10.6. The predicted octanol–water partition coefficient (Wildman–Crippen LogP) is 4.49. The molecular weight excluding hydrogens is 168 g/mol. The Balaban J connectivity index is 2.34. The van der Waals surface area contributed by atoms with Crippen molar-refractivity contribution < 1.29 is 0 Å². The molecule has 0 amide bonds. The van der Waals surface area contributed by atoms with Crippen molar-refractivity contribution in [3.05, 3.63) is 0 Å². The standard InChI is InChI=1S/C14H26/c1-10(2)14(13(3,4)5)9-11-6-7-12(14)8-11/h10-12H,6-9H2,1-5H3. The Bertz CT molecular complexity index is 221. The molecule has 0 nitrogen and oxygen atoms in total. The first-order valence-corrected chi connectivity index (χ1v) is 6.38. The van der Waals surface area contributed by atoms with E-state index in [9.17, 15) is 0 Å². The van der Waals surface area contributed by atoms with E-state index in [4.69, 9.17) is 0 Å². The quantitative estimate of drug-likeness (QED) is 0.577. The van der Waals surface area contributed by atoms with Crippen LogP contribution in [0.3, 0.4) is 0 Å². The van der Waals surface area contributed by atoms with Crippen molar-refractivity contribution >= 4 is 0 Å². The van der Waals surface area contributed by atoms with Crippen LogP contribution in [0.25, 0.3) is 0 Å². The van der Waals surface area contributed by atoms with Crippen LogP contribution in [0.4, 0.5) is 0 Å². The van der Waals surface area contributed by atoms with Crippen LogP contribution in [0.15, 0.2) is 0 Å². The summed E-state index contributed by atoms with van der Waals surface area (Å²) in [5.41, 5.74) is 1.15. The first kappa shape index (κ1) is 10.5. The Morgan fingerprint density at radius 2 is 1.79 bits per heavy atom. The van der Waals surface area contributed by atoms with Gasteiger partial charge in [0, 0.05) is 0 Å². The Kier molecular flexibility index (Phi) is 2.25. The van der Waals surface area contributed by atoms with Gasteiger partial charge in [-0.1, -0.05) is 41.0 Å². The molecule has 14 heavy (non-hydrogen) atoms. The molecule has 0 N–H and O–H groups in total. The summed E-state index contributed by atoms with van der Waals surface area (Å²) in [5, 5.41) is 0. The van der Waals surface area contributed by atoms with Crippen molar-refractivity contribution in [2.75, 3.05) is 0 Å². The lowest BCUT2D eigenvalue weighted by molar-refractivity contribution is -0.0269. The lowest BCUT2D eigenvalue weighted by atomic mass is 9.53. The van der Waals surface area contributed by atoms with E-state index in [1.807, 2.05) is 0 Å². The van der Waals surface area contributed by atoms with Gasteiger partial charge in [-0.15, -0.1) is 0 Å². The molecule has 0 radical (unpaired) electrons. The average Bonchev–Trinajstić information content (AvgIpc) is 2.59. The number of fused-ring (bicyclic) bond motifs is 2. The molecule has 82 valence electrons. The second-order valence-corrected chi connectivity index (χ2v) is 7.03. The minimum absolute atomic E-state index is 0.501. The highest BCUT2D eigenvalue weighted by Crippen LogP contribution is 2.66. The van der Waals surface area contributed by atoms with E-state index in [0.717, 1.165) is 17.8 Å². The smallest absolute Gasteiger partial charge is 0.0195 e. The Hall–Kier alpha value is 0. The van der Waals surface area contributed by atoms with Crippen LogP contribution in [-0.2, 0) is 0 Å². The molecule has 2 fully saturated rings. The summed E-state index contributed by atoms with van der Waals surface area (Å²) < 4.78 is 0. The van der Waals surface area contributed by atoms with Crippen molar-refractivity contribution in [1.29, 1.82) is 0 Å². The van der Waals surface area contributed by atoms with Crippen molar-refractivity contribution in [3.63, 3.8) is 0 Å². The zero-order valence-electron chi connectivity index (χ0n) is 10.6. The molecule has 2 rings (SSSR count). The lowest BCUT2D eigenvalue weighted by Crippen LogP contribution is -2.44. The molecule has 0 heteroatoms. The van der Waals surface area contributed by atoms with Gasteiger partial charge in [-0.05, 0) is 47.8 Å². The molecule has 0 aromatic heterocycles. The van der Waals surface area contributed by atoms with E-state index in [1.165, 1.54) is 25.7 Å². The molecule has 0 aromatic rings. The molecular formula is C14H26. The fourth-order valence-electron chi connectivity index (χ4n) is 4.86. The van der Waals surface area contributed by atoms with Gasteiger partial charge in [-0.25, -0.2) is 0 Å². The lowest BCUT2D eigenvalue weighted by Gasteiger charge is -2.51. The topological polar surface area (TPSA) is 0 Å². The van der Waals surface area contributed by atoms with Gasteiger partial charge in [0.1, 0.15) is 0 Å². The minimum Gasteiger partial charge on any atom is -0.0622 e. The van der Waals surface area contributed by atoms with Crippen LogP contribution >= 0.6 is 0 Å². The van der Waals surface area contributed by atoms with Gasteiger partial charge in [-0.2, -0.15) is 0 Å². The van der Waals surface area contributed by atoms with Crippen molar-refractivity contribution in [1.82, 2.24) is 0 Å². The van der Waals surface area contributed by atoms with Crippen LogP contribution in [0.2, 0.25) is 0 Å². The maximum atomic E-state index is 2.47. The summed E-state index contributed by atoms with van der Waals surface area (Å²) in [4.78, 5) is 0. The van der Waals surface area contributed by atoms with Gasteiger partial charge in [0.15, 0.2) is 0 Å². The van der Waals surface area contributed by atoms with Crippen molar-refractivity contribution in [3.8, 4) is 0 Å². The SMILES string of the molecule is CC(C)C1(C(C)(C)C)CC2CCC1C2. The molecule has 2 saturated carbocycles. The molecule has 0 aromatic carbocycles. The van der Waals surface area contributed by atoms with Gasteiger partial charge in [0.2, 0.25) is 0 Å². The molecule has 3 atom stereocenters. The van der Waals surface area contributed by atoms with Gasteiger partial charge in [0.05, 0.1) is 0 Å². The highest BCUT2D eigenvalue weighted by Gasteiger charge is 2.57.